The van der Waals surface area contributed by atoms with Crippen LogP contribution in [0, 0.1) is 5.92 Å². The van der Waals surface area contributed by atoms with Crippen molar-refractivity contribution >= 4 is 10.0 Å². The minimum Gasteiger partial charge on any atom is -0.396 e. The summed E-state index contributed by atoms with van der Waals surface area (Å²) in [5.74, 6) is 0.0819. The molecule has 16 heavy (non-hydrogen) atoms. The summed E-state index contributed by atoms with van der Waals surface area (Å²) >= 11 is 0. The molecule has 0 aliphatic carbocycles. The van der Waals surface area contributed by atoms with Gasteiger partial charge in [0.05, 0.1) is 4.90 Å². The first-order chi connectivity index (χ1) is 7.54. The van der Waals surface area contributed by atoms with Crippen LogP contribution in [-0.4, -0.2) is 42.1 Å². The molecule has 0 spiro atoms. The molecule has 0 aromatic carbocycles. The summed E-state index contributed by atoms with van der Waals surface area (Å²) in [7, 11) is -1.57. The minimum atomic E-state index is -3.36. The van der Waals surface area contributed by atoms with E-state index in [1.165, 1.54) is 4.31 Å². The molecule has 5 nitrogen and oxygen atoms in total. The average molecular weight is 244 g/mol. The van der Waals surface area contributed by atoms with E-state index in [1.807, 2.05) is 0 Å². The first-order valence-electron chi connectivity index (χ1n) is 5.27. The maximum Gasteiger partial charge on any atom is 0.244 e. The Morgan fingerprint density at radius 2 is 2.31 bits per heavy atom. The highest BCUT2D eigenvalue weighted by Crippen LogP contribution is 2.23. The van der Waals surface area contributed by atoms with Gasteiger partial charge >= 0.3 is 0 Å². The molecule has 0 bridgehead atoms. The zero-order chi connectivity index (χ0) is 11.8. The molecular weight excluding hydrogens is 228 g/mol. The number of hydrogen-bond acceptors (Lipinski definition) is 3. The van der Waals surface area contributed by atoms with E-state index >= 15 is 0 Å². The molecule has 90 valence electrons. The first-order valence-corrected chi connectivity index (χ1v) is 6.71. The van der Waals surface area contributed by atoms with Crippen LogP contribution in [0.3, 0.4) is 0 Å². The highest BCUT2D eigenvalue weighted by atomic mass is 32.2. The predicted molar refractivity (Wildman–Crippen MR) is 59.4 cm³/mol. The largest absolute Gasteiger partial charge is 0.396 e. The van der Waals surface area contributed by atoms with Crippen molar-refractivity contribution in [2.75, 3.05) is 19.7 Å². The number of aryl methyl sites for hydroxylation is 1. The number of aliphatic hydroxyl groups is 1. The van der Waals surface area contributed by atoms with Crippen molar-refractivity contribution < 1.29 is 13.5 Å². The van der Waals surface area contributed by atoms with Gasteiger partial charge in [-0.15, -0.1) is 0 Å². The molecule has 2 heterocycles. The number of aromatic nitrogens is 1. The Labute approximate surface area is 95.3 Å². The lowest BCUT2D eigenvalue weighted by Crippen LogP contribution is -2.29. The molecule has 1 fully saturated rings. The molecule has 0 radical (unpaired) electrons. The fourth-order valence-corrected chi connectivity index (χ4v) is 3.53. The fourth-order valence-electron chi connectivity index (χ4n) is 1.94. The third kappa shape index (κ3) is 2.00. The van der Waals surface area contributed by atoms with E-state index in [4.69, 9.17) is 5.11 Å². The van der Waals surface area contributed by atoms with Crippen LogP contribution in [0.15, 0.2) is 23.4 Å². The molecule has 0 saturated carbocycles. The maximum absolute atomic E-state index is 12.1. The Morgan fingerprint density at radius 3 is 2.81 bits per heavy atom. The quantitative estimate of drug-likeness (QED) is 0.816. The van der Waals surface area contributed by atoms with E-state index in [9.17, 15) is 8.42 Å². The second-order valence-electron chi connectivity index (χ2n) is 4.21. The SMILES string of the molecule is Cn1ccc(S(=O)(=O)N2CCC(CO)C2)c1. The lowest BCUT2D eigenvalue weighted by molar-refractivity contribution is 0.233. The minimum absolute atomic E-state index is 0.0564. The highest BCUT2D eigenvalue weighted by Gasteiger charge is 2.32. The van der Waals surface area contributed by atoms with Gasteiger partial charge in [-0.3, -0.25) is 0 Å². The lowest BCUT2D eigenvalue weighted by Gasteiger charge is -2.14. The number of hydrogen-bond donors (Lipinski definition) is 1. The fraction of sp³-hybridized carbons (Fsp3) is 0.600. The van der Waals surface area contributed by atoms with Crippen molar-refractivity contribution in [2.24, 2.45) is 13.0 Å². The Bertz CT molecular complexity index is 466. The Hall–Kier alpha value is -0.850. The zero-order valence-electron chi connectivity index (χ0n) is 9.20. The topological polar surface area (TPSA) is 62.5 Å². The van der Waals surface area contributed by atoms with Crippen molar-refractivity contribution in [1.29, 1.82) is 0 Å². The van der Waals surface area contributed by atoms with E-state index < -0.39 is 10.0 Å². The summed E-state index contributed by atoms with van der Waals surface area (Å²) in [6.07, 6.45) is 4.05. The van der Waals surface area contributed by atoms with Crippen molar-refractivity contribution in [3.8, 4) is 0 Å². The van der Waals surface area contributed by atoms with Gasteiger partial charge in [0.25, 0.3) is 0 Å². The maximum atomic E-state index is 12.1. The molecule has 1 saturated heterocycles. The van der Waals surface area contributed by atoms with Gasteiger partial charge in [0.2, 0.25) is 10.0 Å². The molecule has 0 amide bonds. The van der Waals surface area contributed by atoms with Crippen LogP contribution < -0.4 is 0 Å². The standard InChI is InChI=1S/C10H16N2O3S/c1-11-4-3-10(7-11)16(14,15)12-5-2-9(6-12)8-13/h3-4,7,9,13H,2,5-6,8H2,1H3. The summed E-state index contributed by atoms with van der Waals surface area (Å²) < 4.78 is 27.4. The Kier molecular flexibility index (Phi) is 3.05. The third-order valence-corrected chi connectivity index (χ3v) is 4.80. The number of sulfonamides is 1. The summed E-state index contributed by atoms with van der Waals surface area (Å²) in [6.45, 7) is 0.983. The Balaban J connectivity index is 2.21. The Morgan fingerprint density at radius 1 is 1.56 bits per heavy atom. The predicted octanol–water partition coefficient (Wildman–Crippen LogP) is 0.0280. The van der Waals surface area contributed by atoms with E-state index in [-0.39, 0.29) is 12.5 Å². The molecule has 1 N–H and O–H groups in total. The van der Waals surface area contributed by atoms with Gasteiger partial charge in [-0.1, -0.05) is 0 Å². The average Bonchev–Trinajstić information content (AvgIpc) is 2.85. The molecule has 1 aliphatic rings. The van der Waals surface area contributed by atoms with Gasteiger partial charge in [-0.2, -0.15) is 4.31 Å². The summed E-state index contributed by atoms with van der Waals surface area (Å²) in [6, 6.07) is 1.60. The highest BCUT2D eigenvalue weighted by molar-refractivity contribution is 7.89. The van der Waals surface area contributed by atoms with E-state index in [0.29, 0.717) is 18.0 Å². The van der Waals surface area contributed by atoms with Gasteiger partial charge in [0.15, 0.2) is 0 Å². The molecule has 6 heteroatoms. The van der Waals surface area contributed by atoms with Crippen molar-refractivity contribution in [2.45, 2.75) is 11.3 Å². The molecular formula is C10H16N2O3S. The van der Waals surface area contributed by atoms with Crippen LogP contribution in [0.2, 0.25) is 0 Å². The first kappa shape index (κ1) is 11.6. The van der Waals surface area contributed by atoms with Crippen molar-refractivity contribution in [1.82, 2.24) is 8.87 Å². The summed E-state index contributed by atoms with van der Waals surface area (Å²) in [4.78, 5) is 0.327. The lowest BCUT2D eigenvalue weighted by atomic mass is 10.1. The second kappa shape index (κ2) is 4.20. The number of aliphatic hydroxyl groups excluding tert-OH is 1. The van der Waals surface area contributed by atoms with Crippen LogP contribution in [0.5, 0.6) is 0 Å². The number of rotatable bonds is 3. The molecule has 1 unspecified atom stereocenters. The van der Waals surface area contributed by atoms with Gasteiger partial charge in [0.1, 0.15) is 0 Å². The van der Waals surface area contributed by atoms with Crippen molar-refractivity contribution in [3.63, 3.8) is 0 Å². The van der Waals surface area contributed by atoms with Crippen molar-refractivity contribution in [3.05, 3.63) is 18.5 Å². The summed E-state index contributed by atoms with van der Waals surface area (Å²) in [5.41, 5.74) is 0. The smallest absolute Gasteiger partial charge is 0.244 e. The molecule has 1 atom stereocenters. The van der Waals surface area contributed by atoms with E-state index in [1.54, 1.807) is 30.1 Å². The zero-order valence-corrected chi connectivity index (χ0v) is 10.0. The van der Waals surface area contributed by atoms with Crippen LogP contribution in [0.25, 0.3) is 0 Å². The molecule has 1 aromatic heterocycles. The summed E-state index contributed by atoms with van der Waals surface area (Å²) in [5, 5.41) is 9.00. The molecule has 1 aliphatic heterocycles. The van der Waals surface area contributed by atoms with Crippen LogP contribution in [-0.2, 0) is 17.1 Å². The molecule has 1 aromatic rings. The molecule has 2 rings (SSSR count). The monoisotopic (exact) mass is 244 g/mol. The van der Waals surface area contributed by atoms with Gasteiger partial charge in [-0.25, -0.2) is 8.42 Å². The van der Waals surface area contributed by atoms with Gasteiger partial charge < -0.3 is 9.67 Å². The van der Waals surface area contributed by atoms with Crippen LogP contribution in [0.1, 0.15) is 6.42 Å². The van der Waals surface area contributed by atoms with Crippen LogP contribution in [0.4, 0.5) is 0 Å². The van der Waals surface area contributed by atoms with E-state index in [2.05, 4.69) is 0 Å². The van der Waals surface area contributed by atoms with Gasteiger partial charge in [-0.05, 0) is 18.4 Å². The number of nitrogens with zero attached hydrogens (tertiary/aromatic N) is 2. The van der Waals surface area contributed by atoms with Crippen LogP contribution >= 0.6 is 0 Å². The third-order valence-electron chi connectivity index (χ3n) is 2.95. The van der Waals surface area contributed by atoms with E-state index in [0.717, 1.165) is 6.42 Å². The van der Waals surface area contributed by atoms with Gasteiger partial charge in [0, 0.05) is 39.1 Å². The normalized spacial score (nSPS) is 22.8. The second-order valence-corrected chi connectivity index (χ2v) is 6.15.